The number of halogens is 1. The Morgan fingerprint density at radius 2 is 1.93 bits per heavy atom. The smallest absolute Gasteiger partial charge is 0.247 e. The normalized spacial score (nSPS) is 13.1. The van der Waals surface area contributed by atoms with E-state index in [2.05, 4.69) is 26.6 Å². The van der Waals surface area contributed by atoms with Crippen LogP contribution in [0.3, 0.4) is 0 Å². The van der Waals surface area contributed by atoms with E-state index in [1.807, 2.05) is 6.08 Å². The minimum atomic E-state index is -1.22. The minimum absolute atomic E-state index is 0.261. The van der Waals surface area contributed by atoms with Crippen LogP contribution >= 0.6 is 11.6 Å². The van der Waals surface area contributed by atoms with Gasteiger partial charge in [0, 0.05) is 13.6 Å². The van der Waals surface area contributed by atoms with Gasteiger partial charge in [-0.1, -0.05) is 45.5 Å². The van der Waals surface area contributed by atoms with E-state index >= 15 is 0 Å². The van der Waals surface area contributed by atoms with Gasteiger partial charge in [0.05, 0.1) is 0 Å². The van der Waals surface area contributed by atoms with Gasteiger partial charge in [0.2, 0.25) is 5.24 Å². The fourth-order valence-corrected chi connectivity index (χ4v) is 2.98. The predicted octanol–water partition coefficient (Wildman–Crippen LogP) is 4.21. The maximum absolute atomic E-state index is 11.1. The third-order valence-corrected chi connectivity index (χ3v) is 3.61. The Bertz CT molecular complexity index is 216. The topological polar surface area (TPSA) is 17.1 Å². The molecule has 0 unspecified atom stereocenters. The van der Waals surface area contributed by atoms with Crippen LogP contribution in [-0.4, -0.2) is 13.3 Å². The van der Waals surface area contributed by atoms with E-state index in [9.17, 15) is 4.79 Å². The summed E-state index contributed by atoms with van der Waals surface area (Å²) in [5.74, 6) is 0. The molecule has 0 aliphatic rings. The van der Waals surface area contributed by atoms with Crippen molar-refractivity contribution in [3.8, 4) is 0 Å². The lowest BCUT2D eigenvalue weighted by molar-refractivity contribution is -0.108. The first-order valence-electron chi connectivity index (χ1n) is 5.25. The average Bonchev–Trinajstić information content (AvgIpc) is 2.00. The highest BCUT2D eigenvalue weighted by Crippen LogP contribution is 2.19. The maximum atomic E-state index is 11.1. The van der Waals surface area contributed by atoms with Crippen molar-refractivity contribution in [3.05, 3.63) is 11.6 Å². The molecule has 0 aliphatic carbocycles. The van der Waals surface area contributed by atoms with Crippen LogP contribution in [0.1, 0.15) is 26.2 Å². The number of allylic oxidation sites excluding steroid dienone is 2. The lowest BCUT2D eigenvalue weighted by Crippen LogP contribution is -2.21. The third-order valence-electron chi connectivity index (χ3n) is 1.92. The zero-order valence-electron chi connectivity index (χ0n) is 9.69. The van der Waals surface area contributed by atoms with E-state index < -0.39 is 8.07 Å². The molecule has 0 heterocycles. The highest BCUT2D eigenvalue weighted by atomic mass is 35.5. The summed E-state index contributed by atoms with van der Waals surface area (Å²) in [5.41, 5.74) is 0.833. The van der Waals surface area contributed by atoms with Gasteiger partial charge in [0.1, 0.15) is 0 Å². The van der Waals surface area contributed by atoms with E-state index in [1.165, 1.54) is 0 Å². The summed E-state index contributed by atoms with van der Waals surface area (Å²) in [6.45, 7) is 8.90. The van der Waals surface area contributed by atoms with Gasteiger partial charge < -0.3 is 0 Å². The summed E-state index contributed by atoms with van der Waals surface area (Å²) in [7, 11) is -1.22. The lowest BCUT2D eigenvalue weighted by Gasteiger charge is -2.16. The number of unbranched alkanes of at least 4 members (excludes halogenated alkanes) is 2. The molecule has 0 saturated carbocycles. The van der Waals surface area contributed by atoms with Gasteiger partial charge in [-0.2, -0.15) is 0 Å². The van der Waals surface area contributed by atoms with Crippen molar-refractivity contribution >= 4 is 24.9 Å². The molecule has 0 radical (unpaired) electrons. The Labute approximate surface area is 93.5 Å². The molecule has 3 heteroatoms. The summed E-state index contributed by atoms with van der Waals surface area (Å²) in [6, 6.07) is 0.902. The van der Waals surface area contributed by atoms with Gasteiger partial charge in [-0.05, 0) is 24.1 Å². The summed E-state index contributed by atoms with van der Waals surface area (Å²) >= 11 is 5.54. The molecule has 0 bridgehead atoms. The monoisotopic (exact) mass is 232 g/mol. The van der Waals surface area contributed by atoms with E-state index in [-0.39, 0.29) is 5.24 Å². The highest BCUT2D eigenvalue weighted by molar-refractivity contribution is 6.78. The van der Waals surface area contributed by atoms with E-state index in [1.54, 1.807) is 0 Å². The maximum Gasteiger partial charge on any atom is 0.247 e. The Kier molecular flexibility index (Phi) is 6.37. The van der Waals surface area contributed by atoms with Gasteiger partial charge in [-0.25, -0.2) is 0 Å². The van der Waals surface area contributed by atoms with Crippen molar-refractivity contribution in [1.82, 2.24) is 0 Å². The van der Waals surface area contributed by atoms with Gasteiger partial charge in [-0.15, -0.1) is 0 Å². The molecule has 0 amide bonds. The van der Waals surface area contributed by atoms with E-state index in [4.69, 9.17) is 11.6 Å². The largest absolute Gasteiger partial charge is 0.276 e. The Morgan fingerprint density at radius 1 is 1.36 bits per heavy atom. The SMILES string of the molecule is CCCC/C=C(/C[Si](C)(C)C)C(=O)Cl. The molecular formula is C11H21ClOSi. The molecule has 0 atom stereocenters. The molecule has 0 saturated heterocycles. The highest BCUT2D eigenvalue weighted by Gasteiger charge is 2.18. The van der Waals surface area contributed by atoms with Crippen molar-refractivity contribution in [3.63, 3.8) is 0 Å². The van der Waals surface area contributed by atoms with Gasteiger partial charge in [0.25, 0.3) is 0 Å². The second-order valence-corrected chi connectivity index (χ2v) is 10.7. The minimum Gasteiger partial charge on any atom is -0.276 e. The van der Waals surface area contributed by atoms with Gasteiger partial charge in [0.15, 0.2) is 0 Å². The fraction of sp³-hybridized carbons (Fsp3) is 0.727. The second kappa shape index (κ2) is 6.41. The Balaban J connectivity index is 4.30. The molecule has 0 rings (SSSR count). The first kappa shape index (κ1) is 13.9. The first-order chi connectivity index (χ1) is 6.37. The van der Waals surface area contributed by atoms with Crippen LogP contribution in [0.25, 0.3) is 0 Å². The number of hydrogen-bond donors (Lipinski definition) is 0. The van der Waals surface area contributed by atoms with Crippen LogP contribution in [0, 0.1) is 0 Å². The van der Waals surface area contributed by atoms with Gasteiger partial charge in [-0.3, -0.25) is 4.79 Å². The van der Waals surface area contributed by atoms with Crippen molar-refractivity contribution < 1.29 is 4.79 Å². The molecule has 82 valence electrons. The summed E-state index contributed by atoms with van der Waals surface area (Å²) < 4.78 is 0. The zero-order valence-corrected chi connectivity index (χ0v) is 11.4. The predicted molar refractivity (Wildman–Crippen MR) is 66.6 cm³/mol. The molecule has 0 aromatic heterocycles. The number of carbonyl (C=O) groups is 1. The molecular weight excluding hydrogens is 212 g/mol. The van der Waals surface area contributed by atoms with Gasteiger partial charge >= 0.3 is 0 Å². The van der Waals surface area contributed by atoms with Crippen LogP contribution in [0.5, 0.6) is 0 Å². The number of hydrogen-bond acceptors (Lipinski definition) is 1. The molecule has 0 aliphatic heterocycles. The van der Waals surface area contributed by atoms with E-state index in [0.717, 1.165) is 30.9 Å². The molecule has 14 heavy (non-hydrogen) atoms. The molecule has 0 fully saturated rings. The zero-order chi connectivity index (χ0) is 11.2. The van der Waals surface area contributed by atoms with Crippen molar-refractivity contribution in [1.29, 1.82) is 0 Å². The van der Waals surface area contributed by atoms with Crippen LogP contribution in [0.15, 0.2) is 11.6 Å². The number of carbonyl (C=O) groups excluding carboxylic acids is 1. The molecule has 0 aromatic rings. The van der Waals surface area contributed by atoms with Crippen LogP contribution < -0.4 is 0 Å². The van der Waals surface area contributed by atoms with Crippen LogP contribution in [0.4, 0.5) is 0 Å². The fourth-order valence-electron chi connectivity index (χ4n) is 1.27. The van der Waals surface area contributed by atoms with Crippen LogP contribution in [0.2, 0.25) is 25.7 Å². The Morgan fingerprint density at radius 3 is 2.29 bits per heavy atom. The van der Waals surface area contributed by atoms with Crippen molar-refractivity contribution in [2.45, 2.75) is 51.9 Å². The number of rotatable bonds is 6. The van der Waals surface area contributed by atoms with Crippen molar-refractivity contribution in [2.75, 3.05) is 0 Å². The molecule has 0 spiro atoms. The molecule has 1 nitrogen and oxygen atoms in total. The van der Waals surface area contributed by atoms with E-state index in [0.29, 0.717) is 0 Å². The summed E-state index contributed by atoms with van der Waals surface area (Å²) in [5, 5.41) is -0.261. The lowest BCUT2D eigenvalue weighted by atomic mass is 10.2. The third kappa shape index (κ3) is 7.33. The molecule has 0 aromatic carbocycles. The van der Waals surface area contributed by atoms with Crippen molar-refractivity contribution in [2.24, 2.45) is 0 Å². The average molecular weight is 233 g/mol. The summed E-state index contributed by atoms with van der Waals surface area (Å²) in [4.78, 5) is 11.1. The summed E-state index contributed by atoms with van der Waals surface area (Å²) in [6.07, 6.45) is 5.30. The molecule has 0 N–H and O–H groups in total. The second-order valence-electron chi connectivity index (χ2n) is 4.88. The quantitative estimate of drug-likeness (QED) is 0.290. The standard InChI is InChI=1S/C11H21ClOSi/c1-5-6-7-8-10(11(12)13)9-14(2,3)4/h8H,5-7,9H2,1-4H3/b10-8-. The Hall–Kier alpha value is -0.0831. The van der Waals surface area contributed by atoms with Crippen LogP contribution in [-0.2, 0) is 4.79 Å². The first-order valence-corrected chi connectivity index (χ1v) is 9.34.